The first-order chi connectivity index (χ1) is 10.1. The number of hydrogen-bond acceptors (Lipinski definition) is 6. The zero-order valence-corrected chi connectivity index (χ0v) is 12.1. The van der Waals surface area contributed by atoms with Crippen LogP contribution in [0.1, 0.15) is 29.2 Å². The molecule has 1 amide bonds. The Balaban J connectivity index is 1.70. The van der Waals surface area contributed by atoms with E-state index in [0.717, 1.165) is 12.8 Å². The molecule has 21 heavy (non-hydrogen) atoms. The van der Waals surface area contributed by atoms with Gasteiger partial charge in [-0.1, -0.05) is 11.6 Å². The van der Waals surface area contributed by atoms with Gasteiger partial charge in [-0.05, 0) is 47.2 Å². The molecule has 1 aromatic heterocycles. The van der Waals surface area contributed by atoms with Crippen molar-refractivity contribution in [1.82, 2.24) is 20.2 Å². The predicted octanol–water partition coefficient (Wildman–Crippen LogP) is 1.95. The molecule has 0 radical (unpaired) electrons. The number of ketones is 1. The summed E-state index contributed by atoms with van der Waals surface area (Å²) in [6.45, 7) is 0. The molecule has 2 aliphatic rings. The van der Waals surface area contributed by atoms with Gasteiger partial charge in [-0.3, -0.25) is 9.59 Å². The lowest BCUT2D eigenvalue weighted by Crippen LogP contribution is -2.12. The van der Waals surface area contributed by atoms with Gasteiger partial charge in [0.1, 0.15) is 0 Å². The lowest BCUT2D eigenvalue weighted by Gasteiger charge is -2.06. The maximum absolute atomic E-state index is 11.6. The van der Waals surface area contributed by atoms with Gasteiger partial charge in [0, 0.05) is 4.90 Å². The van der Waals surface area contributed by atoms with Crippen molar-refractivity contribution in [3.05, 3.63) is 22.7 Å². The molecule has 1 fully saturated rings. The van der Waals surface area contributed by atoms with E-state index >= 15 is 0 Å². The minimum atomic E-state index is -0.633. The van der Waals surface area contributed by atoms with Gasteiger partial charge < -0.3 is 5.32 Å². The van der Waals surface area contributed by atoms with E-state index in [0.29, 0.717) is 32.4 Å². The Morgan fingerprint density at radius 1 is 1.33 bits per heavy atom. The largest absolute Gasteiger partial charge is 0.318 e. The molecule has 4 rings (SSSR count). The van der Waals surface area contributed by atoms with Crippen molar-refractivity contribution in [1.29, 1.82) is 0 Å². The van der Waals surface area contributed by atoms with Crippen LogP contribution in [0.5, 0.6) is 0 Å². The smallest absolute Gasteiger partial charge is 0.296 e. The Hall–Kier alpha value is -1.93. The van der Waals surface area contributed by atoms with Crippen LogP contribution in [-0.4, -0.2) is 31.9 Å². The van der Waals surface area contributed by atoms with Crippen LogP contribution in [-0.2, 0) is 4.79 Å². The summed E-state index contributed by atoms with van der Waals surface area (Å²) in [6, 6.07) is 3.54. The second kappa shape index (κ2) is 4.54. The summed E-state index contributed by atoms with van der Waals surface area (Å²) >= 11 is 7.51. The number of rotatable bonds is 3. The summed E-state index contributed by atoms with van der Waals surface area (Å²) in [5.74, 6) is -1.20. The highest BCUT2D eigenvalue weighted by molar-refractivity contribution is 7.99. The maximum Gasteiger partial charge on any atom is 0.296 e. The molecule has 106 valence electrons. The number of amides is 1. The normalized spacial score (nSPS) is 17.0. The Kier molecular flexibility index (Phi) is 2.76. The molecule has 0 spiro atoms. The summed E-state index contributed by atoms with van der Waals surface area (Å²) in [6.07, 6.45) is 2.14. The third kappa shape index (κ3) is 2.11. The summed E-state index contributed by atoms with van der Waals surface area (Å²) in [4.78, 5) is 23.7. The SMILES string of the molecule is O=C1Nc2cc(Sc3nnnn3C3CC3)c(Cl)cc2C1=O. The molecule has 9 heteroatoms. The molecule has 1 aromatic carbocycles. The topological polar surface area (TPSA) is 89.8 Å². The van der Waals surface area contributed by atoms with Crippen LogP contribution in [0.3, 0.4) is 0 Å². The van der Waals surface area contributed by atoms with Crippen molar-refractivity contribution in [2.24, 2.45) is 0 Å². The number of halogens is 1. The molecule has 1 N–H and O–H groups in total. The summed E-state index contributed by atoms with van der Waals surface area (Å²) in [5, 5.41) is 15.2. The van der Waals surface area contributed by atoms with Crippen molar-refractivity contribution < 1.29 is 9.59 Å². The van der Waals surface area contributed by atoms with E-state index in [4.69, 9.17) is 11.6 Å². The van der Waals surface area contributed by atoms with Gasteiger partial charge in [0.25, 0.3) is 11.7 Å². The number of carbonyl (C=O) groups is 2. The van der Waals surface area contributed by atoms with E-state index in [-0.39, 0.29) is 0 Å². The summed E-state index contributed by atoms with van der Waals surface area (Å²) in [7, 11) is 0. The molecule has 7 nitrogen and oxygen atoms in total. The molecular weight excluding hydrogens is 314 g/mol. The lowest BCUT2D eigenvalue weighted by molar-refractivity contribution is -0.112. The number of aromatic nitrogens is 4. The van der Waals surface area contributed by atoms with E-state index in [1.807, 2.05) is 0 Å². The number of anilines is 1. The summed E-state index contributed by atoms with van der Waals surface area (Å²) < 4.78 is 1.78. The fourth-order valence-electron chi connectivity index (χ4n) is 2.12. The molecule has 2 aromatic rings. The van der Waals surface area contributed by atoms with Gasteiger partial charge >= 0.3 is 0 Å². The van der Waals surface area contributed by atoms with E-state index < -0.39 is 11.7 Å². The van der Waals surface area contributed by atoms with Crippen LogP contribution in [0.25, 0.3) is 0 Å². The number of hydrogen-bond donors (Lipinski definition) is 1. The monoisotopic (exact) mass is 321 g/mol. The van der Waals surface area contributed by atoms with Crippen LogP contribution in [0.4, 0.5) is 5.69 Å². The van der Waals surface area contributed by atoms with Crippen LogP contribution in [0.2, 0.25) is 5.02 Å². The number of benzene rings is 1. The quantitative estimate of drug-likeness (QED) is 0.869. The van der Waals surface area contributed by atoms with Crippen molar-refractivity contribution in [3.8, 4) is 0 Å². The first kappa shape index (κ1) is 12.8. The van der Waals surface area contributed by atoms with E-state index in [9.17, 15) is 9.59 Å². The van der Waals surface area contributed by atoms with E-state index in [1.54, 1.807) is 10.7 Å². The van der Waals surface area contributed by atoms with Crippen molar-refractivity contribution >= 4 is 40.7 Å². The van der Waals surface area contributed by atoms with Crippen LogP contribution < -0.4 is 5.32 Å². The Morgan fingerprint density at radius 3 is 2.90 bits per heavy atom. The van der Waals surface area contributed by atoms with Crippen molar-refractivity contribution in [2.45, 2.75) is 28.9 Å². The highest BCUT2D eigenvalue weighted by Crippen LogP contribution is 2.41. The lowest BCUT2D eigenvalue weighted by atomic mass is 10.1. The molecule has 2 heterocycles. The van der Waals surface area contributed by atoms with Crippen molar-refractivity contribution in [3.63, 3.8) is 0 Å². The molecule has 1 aliphatic carbocycles. The molecule has 1 aliphatic heterocycles. The Morgan fingerprint density at radius 2 is 2.14 bits per heavy atom. The molecule has 0 bridgehead atoms. The minimum Gasteiger partial charge on any atom is -0.318 e. The Labute approximate surface area is 128 Å². The molecular formula is C12H8ClN5O2S. The fourth-order valence-corrected chi connectivity index (χ4v) is 3.29. The number of nitrogens with zero attached hydrogens (tertiary/aromatic N) is 4. The number of tetrazole rings is 1. The average molecular weight is 322 g/mol. The highest BCUT2D eigenvalue weighted by Gasteiger charge is 2.31. The van der Waals surface area contributed by atoms with Gasteiger partial charge in [-0.2, -0.15) is 0 Å². The van der Waals surface area contributed by atoms with Gasteiger partial charge in [-0.25, -0.2) is 4.68 Å². The molecule has 0 atom stereocenters. The number of fused-ring (bicyclic) bond motifs is 1. The first-order valence-electron chi connectivity index (χ1n) is 6.28. The van der Waals surface area contributed by atoms with E-state index in [1.165, 1.54) is 17.8 Å². The zero-order chi connectivity index (χ0) is 14.6. The van der Waals surface area contributed by atoms with Crippen molar-refractivity contribution in [2.75, 3.05) is 5.32 Å². The second-order valence-electron chi connectivity index (χ2n) is 4.85. The highest BCUT2D eigenvalue weighted by atomic mass is 35.5. The Bertz CT molecular complexity index is 786. The predicted molar refractivity (Wildman–Crippen MR) is 74.6 cm³/mol. The molecule has 0 saturated heterocycles. The van der Waals surface area contributed by atoms with Gasteiger partial charge in [-0.15, -0.1) is 5.10 Å². The van der Waals surface area contributed by atoms with Crippen LogP contribution in [0.15, 0.2) is 22.2 Å². The number of carbonyl (C=O) groups excluding carboxylic acids is 2. The average Bonchev–Trinajstić information content (AvgIpc) is 3.14. The maximum atomic E-state index is 11.6. The minimum absolute atomic E-state index is 0.302. The van der Waals surface area contributed by atoms with Crippen LogP contribution >= 0.6 is 23.4 Å². The van der Waals surface area contributed by atoms with Gasteiger partial charge in [0.15, 0.2) is 0 Å². The van der Waals surface area contributed by atoms with E-state index in [2.05, 4.69) is 20.8 Å². The van der Waals surface area contributed by atoms with Gasteiger partial charge in [0.2, 0.25) is 5.16 Å². The third-order valence-electron chi connectivity index (χ3n) is 3.33. The summed E-state index contributed by atoms with van der Waals surface area (Å²) in [5.41, 5.74) is 0.776. The second-order valence-corrected chi connectivity index (χ2v) is 6.27. The number of Topliss-reactive ketones (excluding diaryl/α,β-unsaturated/α-hetero) is 1. The zero-order valence-electron chi connectivity index (χ0n) is 10.5. The van der Waals surface area contributed by atoms with Gasteiger partial charge in [0.05, 0.1) is 22.3 Å². The third-order valence-corrected chi connectivity index (χ3v) is 4.76. The molecule has 1 saturated carbocycles. The molecule has 0 unspecified atom stereocenters. The number of nitrogens with one attached hydrogen (secondary N) is 1. The standard InChI is InChI=1S/C12H8ClN5O2S/c13-7-3-6-8(14-11(20)10(6)19)4-9(7)21-12-15-16-17-18(12)5-1-2-5/h3-5H,1-2H2,(H,14,19,20). The van der Waals surface area contributed by atoms with Crippen LogP contribution in [0, 0.1) is 0 Å². The first-order valence-corrected chi connectivity index (χ1v) is 7.48. The fraction of sp³-hybridized carbons (Fsp3) is 0.250.